The van der Waals surface area contributed by atoms with E-state index < -0.39 is 5.91 Å². The summed E-state index contributed by atoms with van der Waals surface area (Å²) in [6.45, 7) is 3.70. The molecule has 0 radical (unpaired) electrons. The van der Waals surface area contributed by atoms with Crippen molar-refractivity contribution in [2.75, 3.05) is 17.3 Å². The van der Waals surface area contributed by atoms with Crippen LogP contribution in [0.1, 0.15) is 54.2 Å². The van der Waals surface area contributed by atoms with Gasteiger partial charge in [-0.15, -0.1) is 0 Å². The number of nitrogens with zero attached hydrogens (tertiary/aromatic N) is 2. The highest BCUT2D eigenvalue weighted by Gasteiger charge is 2.47. The fraction of sp³-hybridized carbons (Fsp3) is 0.375. The van der Waals surface area contributed by atoms with Crippen LogP contribution in [0.3, 0.4) is 0 Å². The molecule has 3 atom stereocenters. The summed E-state index contributed by atoms with van der Waals surface area (Å²) in [5.41, 5.74) is 8.70. The number of amides is 2. The number of carbonyl (C=O) groups excluding carboxylic acids is 2. The number of nitriles is 1. The molecule has 1 aliphatic heterocycles. The molecule has 1 fully saturated rings. The van der Waals surface area contributed by atoms with E-state index >= 15 is 0 Å². The Kier molecular flexibility index (Phi) is 5.32. The number of nitrogens with two attached hydrogens (primary N) is 1. The molecule has 0 bridgehead atoms. The Bertz CT molecular complexity index is 1090. The van der Waals surface area contributed by atoms with Gasteiger partial charge in [0.1, 0.15) is 11.8 Å². The number of hydrogen-bond donors (Lipinski definition) is 2. The summed E-state index contributed by atoms with van der Waals surface area (Å²) in [6, 6.07) is 12.6. The zero-order valence-corrected chi connectivity index (χ0v) is 17.9. The number of benzene rings is 2. The molecule has 0 aromatic heterocycles. The molecule has 2 aliphatic rings. The second-order valence-electron chi connectivity index (χ2n) is 8.36. The maximum atomic E-state index is 12.7. The number of anilines is 2. The van der Waals surface area contributed by atoms with Gasteiger partial charge in [-0.1, -0.05) is 6.92 Å². The topological polar surface area (TPSA) is 108 Å². The first-order valence-corrected chi connectivity index (χ1v) is 10.4. The average molecular weight is 418 g/mol. The standard InChI is InChI=1S/C24H26N4O3/c1-13-22(27-20-8-7-18(31-3)10-17(20)12-25)19-11-16(24(26)30)6-9-21(19)28(14(2)29)23(13)15-4-5-15/h6-11,13,15,22-23,27H,4-5H2,1-3H3,(H2,26,30)/t13-,22-,23-/m1/s1. The second kappa shape index (κ2) is 7.95. The first-order chi connectivity index (χ1) is 14.8. The first kappa shape index (κ1) is 20.7. The zero-order chi connectivity index (χ0) is 22.3. The van der Waals surface area contributed by atoms with Crippen molar-refractivity contribution < 1.29 is 14.3 Å². The highest BCUT2D eigenvalue weighted by molar-refractivity contribution is 5.97. The third kappa shape index (κ3) is 3.70. The fourth-order valence-corrected chi connectivity index (χ4v) is 4.76. The molecule has 7 nitrogen and oxygen atoms in total. The van der Waals surface area contributed by atoms with Gasteiger partial charge >= 0.3 is 0 Å². The van der Waals surface area contributed by atoms with Crippen molar-refractivity contribution >= 4 is 23.2 Å². The van der Waals surface area contributed by atoms with E-state index in [-0.39, 0.29) is 23.9 Å². The first-order valence-electron chi connectivity index (χ1n) is 10.4. The molecule has 2 aromatic carbocycles. The average Bonchev–Trinajstić information content (AvgIpc) is 3.59. The van der Waals surface area contributed by atoms with Gasteiger partial charge in [0.05, 0.1) is 24.4 Å². The van der Waals surface area contributed by atoms with E-state index in [2.05, 4.69) is 18.3 Å². The Balaban J connectivity index is 1.84. The SMILES string of the molecule is COc1ccc(N[C@H]2c3cc(C(N)=O)ccc3N(C(C)=O)[C@@H](C3CC3)[C@@H]2C)c(C#N)c1. The molecule has 3 N–H and O–H groups in total. The van der Waals surface area contributed by atoms with Crippen LogP contribution in [0, 0.1) is 23.2 Å². The number of primary amides is 1. The molecule has 2 amide bonds. The van der Waals surface area contributed by atoms with Gasteiger partial charge in [-0.2, -0.15) is 5.26 Å². The van der Waals surface area contributed by atoms with Crippen LogP contribution in [0.5, 0.6) is 5.75 Å². The minimum atomic E-state index is -0.518. The highest BCUT2D eigenvalue weighted by atomic mass is 16.5. The predicted molar refractivity (Wildman–Crippen MR) is 118 cm³/mol. The molecule has 0 spiro atoms. The Morgan fingerprint density at radius 2 is 1.97 bits per heavy atom. The highest BCUT2D eigenvalue weighted by Crippen LogP contribution is 2.50. The second-order valence-corrected chi connectivity index (χ2v) is 8.36. The molecule has 4 rings (SSSR count). The number of fused-ring (bicyclic) bond motifs is 1. The molecular formula is C24H26N4O3. The van der Waals surface area contributed by atoms with Crippen molar-refractivity contribution in [2.24, 2.45) is 17.6 Å². The van der Waals surface area contributed by atoms with Crippen molar-refractivity contribution in [1.29, 1.82) is 5.26 Å². The van der Waals surface area contributed by atoms with Gasteiger partial charge in [-0.3, -0.25) is 9.59 Å². The van der Waals surface area contributed by atoms with Gasteiger partial charge in [0.25, 0.3) is 0 Å². The van der Waals surface area contributed by atoms with Crippen LogP contribution in [0.4, 0.5) is 11.4 Å². The number of rotatable bonds is 5. The van der Waals surface area contributed by atoms with Crippen LogP contribution < -0.4 is 20.7 Å². The van der Waals surface area contributed by atoms with E-state index in [1.807, 2.05) is 17.0 Å². The quantitative estimate of drug-likeness (QED) is 0.771. The lowest BCUT2D eigenvalue weighted by molar-refractivity contribution is -0.117. The number of carbonyl (C=O) groups is 2. The summed E-state index contributed by atoms with van der Waals surface area (Å²) in [7, 11) is 1.56. The summed E-state index contributed by atoms with van der Waals surface area (Å²) < 4.78 is 5.24. The molecule has 1 aliphatic carbocycles. The lowest BCUT2D eigenvalue weighted by Crippen LogP contribution is -2.51. The predicted octanol–water partition coefficient (Wildman–Crippen LogP) is 3.60. The zero-order valence-electron chi connectivity index (χ0n) is 17.9. The van der Waals surface area contributed by atoms with E-state index in [9.17, 15) is 14.9 Å². The third-order valence-electron chi connectivity index (χ3n) is 6.37. The van der Waals surface area contributed by atoms with Crippen molar-refractivity contribution in [3.8, 4) is 11.8 Å². The summed E-state index contributed by atoms with van der Waals surface area (Å²) in [6.07, 6.45) is 2.18. The van der Waals surface area contributed by atoms with E-state index in [0.29, 0.717) is 28.5 Å². The summed E-state index contributed by atoms with van der Waals surface area (Å²) in [5.74, 6) is 0.570. The monoisotopic (exact) mass is 418 g/mol. The van der Waals surface area contributed by atoms with Crippen LogP contribution in [-0.4, -0.2) is 25.0 Å². The summed E-state index contributed by atoms with van der Waals surface area (Å²) in [5, 5.41) is 13.2. The lowest BCUT2D eigenvalue weighted by Gasteiger charge is -2.46. The largest absolute Gasteiger partial charge is 0.497 e. The molecule has 0 unspecified atom stereocenters. The van der Waals surface area contributed by atoms with Gasteiger partial charge in [0, 0.05) is 30.1 Å². The maximum absolute atomic E-state index is 12.7. The van der Waals surface area contributed by atoms with Gasteiger partial charge < -0.3 is 20.7 Å². The van der Waals surface area contributed by atoms with E-state index in [1.165, 1.54) is 0 Å². The normalized spacial score (nSPS) is 22.3. The van der Waals surface area contributed by atoms with Crippen LogP contribution in [0.15, 0.2) is 36.4 Å². The lowest BCUT2D eigenvalue weighted by atomic mass is 9.79. The minimum absolute atomic E-state index is 0.0163. The van der Waals surface area contributed by atoms with Crippen LogP contribution in [0.25, 0.3) is 0 Å². The van der Waals surface area contributed by atoms with E-state index in [0.717, 1.165) is 24.1 Å². The van der Waals surface area contributed by atoms with Crippen molar-refractivity contribution in [1.82, 2.24) is 0 Å². The molecule has 160 valence electrons. The van der Waals surface area contributed by atoms with Gasteiger partial charge in [0.15, 0.2) is 0 Å². The Labute approximate surface area is 181 Å². The summed E-state index contributed by atoms with van der Waals surface area (Å²) >= 11 is 0. The van der Waals surface area contributed by atoms with Crippen molar-refractivity contribution in [3.05, 3.63) is 53.1 Å². The summed E-state index contributed by atoms with van der Waals surface area (Å²) in [4.78, 5) is 26.4. The third-order valence-corrected chi connectivity index (χ3v) is 6.37. The van der Waals surface area contributed by atoms with Crippen LogP contribution in [0.2, 0.25) is 0 Å². The Hall–Kier alpha value is -3.53. The Morgan fingerprint density at radius 3 is 2.55 bits per heavy atom. The fourth-order valence-electron chi connectivity index (χ4n) is 4.76. The molecular weight excluding hydrogens is 392 g/mol. The smallest absolute Gasteiger partial charge is 0.248 e. The van der Waals surface area contributed by atoms with Gasteiger partial charge in [0.2, 0.25) is 11.8 Å². The minimum Gasteiger partial charge on any atom is -0.497 e. The van der Waals surface area contributed by atoms with Crippen molar-refractivity contribution in [3.63, 3.8) is 0 Å². The molecule has 31 heavy (non-hydrogen) atoms. The van der Waals surface area contributed by atoms with E-state index in [4.69, 9.17) is 10.5 Å². The number of hydrogen-bond acceptors (Lipinski definition) is 5. The Morgan fingerprint density at radius 1 is 1.23 bits per heavy atom. The van der Waals surface area contributed by atoms with Crippen molar-refractivity contribution in [2.45, 2.75) is 38.8 Å². The van der Waals surface area contributed by atoms with Crippen LogP contribution >= 0.6 is 0 Å². The molecule has 2 aromatic rings. The number of methoxy groups -OCH3 is 1. The number of nitrogens with one attached hydrogen (secondary N) is 1. The molecule has 0 saturated heterocycles. The van der Waals surface area contributed by atoms with Gasteiger partial charge in [-0.25, -0.2) is 0 Å². The van der Waals surface area contributed by atoms with E-state index in [1.54, 1.807) is 38.3 Å². The van der Waals surface area contributed by atoms with Gasteiger partial charge in [-0.05, 0) is 60.7 Å². The van der Waals surface area contributed by atoms with Crippen LogP contribution in [-0.2, 0) is 4.79 Å². The maximum Gasteiger partial charge on any atom is 0.248 e. The molecule has 1 saturated carbocycles. The number of ether oxygens (including phenoxy) is 1. The molecule has 1 heterocycles. The molecule has 7 heteroatoms.